The molecule has 5 aromatic rings. The van der Waals surface area contributed by atoms with Gasteiger partial charge in [-0.1, -0.05) is 35.9 Å². The number of aryl methyl sites for hydroxylation is 3. The first-order chi connectivity index (χ1) is 17.3. The fourth-order valence-electron chi connectivity index (χ4n) is 4.52. The standard InChI is InChI=1S/C29H27N3O3S/c1-4-32-27-8-6-5-7-24(27)25-18-22(12-16-28(25)32)30-29(33)21-11-15-26(20(3)17-21)31-36(34,35)23-13-9-19(2)10-14-23/h5-18,31H,4H2,1-3H3,(H,30,33). The lowest BCUT2D eigenvalue weighted by Crippen LogP contribution is -2.15. The van der Waals surface area contributed by atoms with Crippen molar-refractivity contribution in [2.24, 2.45) is 0 Å². The number of sulfonamides is 1. The van der Waals surface area contributed by atoms with Gasteiger partial charge in [0.05, 0.1) is 10.6 Å². The van der Waals surface area contributed by atoms with E-state index in [1.54, 1.807) is 49.4 Å². The monoisotopic (exact) mass is 497 g/mol. The van der Waals surface area contributed by atoms with Crippen LogP contribution in [0.25, 0.3) is 21.8 Å². The predicted octanol–water partition coefficient (Wildman–Crippen LogP) is 6.48. The Labute approximate surface area is 210 Å². The first-order valence-corrected chi connectivity index (χ1v) is 13.3. The van der Waals surface area contributed by atoms with Crippen LogP contribution in [0, 0.1) is 13.8 Å². The van der Waals surface area contributed by atoms with Crippen molar-refractivity contribution in [3.63, 3.8) is 0 Å². The summed E-state index contributed by atoms with van der Waals surface area (Å²) in [4.78, 5) is 13.2. The Balaban J connectivity index is 1.38. The zero-order chi connectivity index (χ0) is 25.4. The molecule has 0 radical (unpaired) electrons. The molecule has 0 aliphatic heterocycles. The molecule has 0 atom stereocenters. The van der Waals surface area contributed by atoms with E-state index in [9.17, 15) is 13.2 Å². The summed E-state index contributed by atoms with van der Waals surface area (Å²) in [6, 6.07) is 25.8. The highest BCUT2D eigenvalue weighted by Crippen LogP contribution is 2.31. The van der Waals surface area contributed by atoms with Crippen molar-refractivity contribution in [3.05, 3.63) is 102 Å². The van der Waals surface area contributed by atoms with E-state index in [-0.39, 0.29) is 10.8 Å². The number of amides is 1. The minimum absolute atomic E-state index is 0.189. The van der Waals surface area contributed by atoms with Gasteiger partial charge in [-0.05, 0) is 80.9 Å². The van der Waals surface area contributed by atoms with Gasteiger partial charge >= 0.3 is 0 Å². The molecule has 1 aromatic heterocycles. The average Bonchev–Trinajstić information content (AvgIpc) is 3.18. The Kier molecular flexibility index (Phi) is 6.02. The van der Waals surface area contributed by atoms with Gasteiger partial charge < -0.3 is 9.88 Å². The van der Waals surface area contributed by atoms with Gasteiger partial charge in [0, 0.05) is 39.6 Å². The van der Waals surface area contributed by atoms with E-state index in [0.717, 1.165) is 33.9 Å². The zero-order valence-corrected chi connectivity index (χ0v) is 21.2. The lowest BCUT2D eigenvalue weighted by molar-refractivity contribution is 0.102. The molecule has 1 amide bonds. The van der Waals surface area contributed by atoms with Crippen LogP contribution in [0.2, 0.25) is 0 Å². The fraction of sp³-hybridized carbons (Fsp3) is 0.138. The molecule has 0 saturated carbocycles. The van der Waals surface area contributed by atoms with Crippen molar-refractivity contribution >= 4 is 49.1 Å². The van der Waals surface area contributed by atoms with Crippen molar-refractivity contribution in [1.82, 2.24) is 4.57 Å². The minimum atomic E-state index is -3.73. The highest BCUT2D eigenvalue weighted by molar-refractivity contribution is 7.92. The van der Waals surface area contributed by atoms with Gasteiger partial charge in [-0.2, -0.15) is 0 Å². The molecule has 5 rings (SSSR count). The lowest BCUT2D eigenvalue weighted by Gasteiger charge is -2.12. The molecule has 0 aliphatic rings. The summed E-state index contributed by atoms with van der Waals surface area (Å²) in [5.74, 6) is -0.260. The summed E-state index contributed by atoms with van der Waals surface area (Å²) in [6.07, 6.45) is 0. The molecule has 0 bridgehead atoms. The smallest absolute Gasteiger partial charge is 0.261 e. The van der Waals surface area contributed by atoms with Crippen LogP contribution in [0.4, 0.5) is 11.4 Å². The Morgan fingerprint density at radius 2 is 1.56 bits per heavy atom. The molecule has 36 heavy (non-hydrogen) atoms. The quantitative estimate of drug-likeness (QED) is 0.282. The Morgan fingerprint density at radius 1 is 0.833 bits per heavy atom. The summed E-state index contributed by atoms with van der Waals surface area (Å²) in [5.41, 5.74) is 5.50. The molecule has 4 aromatic carbocycles. The maximum atomic E-state index is 13.0. The van der Waals surface area contributed by atoms with Gasteiger partial charge in [-0.25, -0.2) is 8.42 Å². The summed E-state index contributed by atoms with van der Waals surface area (Å²) in [6.45, 7) is 6.65. The number of anilines is 2. The van der Waals surface area contributed by atoms with E-state index in [0.29, 0.717) is 22.5 Å². The van der Waals surface area contributed by atoms with Crippen LogP contribution in [0.15, 0.2) is 89.8 Å². The van der Waals surface area contributed by atoms with Gasteiger partial charge in [0.1, 0.15) is 0 Å². The van der Waals surface area contributed by atoms with Crippen molar-refractivity contribution in [2.45, 2.75) is 32.2 Å². The molecule has 182 valence electrons. The van der Waals surface area contributed by atoms with Crippen molar-refractivity contribution in [1.29, 1.82) is 0 Å². The van der Waals surface area contributed by atoms with E-state index in [1.165, 1.54) is 0 Å². The number of carbonyl (C=O) groups is 1. The number of carbonyl (C=O) groups excluding carboxylic acids is 1. The molecule has 0 aliphatic carbocycles. The fourth-order valence-corrected chi connectivity index (χ4v) is 5.65. The van der Waals surface area contributed by atoms with Gasteiger partial charge in [0.25, 0.3) is 15.9 Å². The Morgan fingerprint density at radius 3 is 2.28 bits per heavy atom. The number of aromatic nitrogens is 1. The Bertz CT molecular complexity index is 1720. The molecule has 6 nitrogen and oxygen atoms in total. The maximum absolute atomic E-state index is 13.0. The summed E-state index contributed by atoms with van der Waals surface area (Å²) >= 11 is 0. The average molecular weight is 498 g/mol. The van der Waals surface area contributed by atoms with Crippen LogP contribution in [-0.4, -0.2) is 18.9 Å². The highest BCUT2D eigenvalue weighted by Gasteiger charge is 2.17. The summed E-state index contributed by atoms with van der Waals surface area (Å²) in [5, 5.41) is 5.21. The third-order valence-corrected chi connectivity index (χ3v) is 7.79. The minimum Gasteiger partial charge on any atom is -0.341 e. The zero-order valence-electron chi connectivity index (χ0n) is 20.4. The largest absolute Gasteiger partial charge is 0.341 e. The predicted molar refractivity (Wildman–Crippen MR) is 146 cm³/mol. The van der Waals surface area contributed by atoms with Crippen LogP contribution in [0.5, 0.6) is 0 Å². The van der Waals surface area contributed by atoms with Gasteiger partial charge in [-0.15, -0.1) is 0 Å². The van der Waals surface area contributed by atoms with Crippen molar-refractivity contribution in [2.75, 3.05) is 10.0 Å². The number of nitrogens with zero attached hydrogens (tertiary/aromatic N) is 1. The molecule has 0 fully saturated rings. The number of para-hydroxylation sites is 1. The van der Waals surface area contributed by atoms with Gasteiger partial charge in [-0.3, -0.25) is 9.52 Å². The van der Waals surface area contributed by atoms with Crippen molar-refractivity contribution < 1.29 is 13.2 Å². The normalized spacial score (nSPS) is 11.6. The van der Waals surface area contributed by atoms with E-state index in [1.807, 2.05) is 37.3 Å². The molecule has 7 heteroatoms. The first-order valence-electron chi connectivity index (χ1n) is 11.8. The first kappa shape index (κ1) is 23.6. The highest BCUT2D eigenvalue weighted by atomic mass is 32.2. The molecule has 1 heterocycles. The number of hydrogen-bond acceptors (Lipinski definition) is 3. The van der Waals surface area contributed by atoms with Crippen LogP contribution in [-0.2, 0) is 16.6 Å². The van der Waals surface area contributed by atoms with E-state index in [2.05, 4.69) is 33.7 Å². The van der Waals surface area contributed by atoms with Crippen LogP contribution in [0.3, 0.4) is 0 Å². The molecule has 0 saturated heterocycles. The van der Waals surface area contributed by atoms with E-state index >= 15 is 0 Å². The third-order valence-electron chi connectivity index (χ3n) is 6.41. The van der Waals surface area contributed by atoms with Crippen LogP contribution < -0.4 is 10.0 Å². The molecule has 0 unspecified atom stereocenters. The second-order valence-electron chi connectivity index (χ2n) is 8.90. The molecule has 0 spiro atoms. The summed E-state index contributed by atoms with van der Waals surface area (Å²) in [7, 11) is -3.73. The topological polar surface area (TPSA) is 80.2 Å². The van der Waals surface area contributed by atoms with E-state index in [4.69, 9.17) is 0 Å². The second kappa shape index (κ2) is 9.17. The van der Waals surface area contributed by atoms with Gasteiger partial charge in [0.2, 0.25) is 0 Å². The summed E-state index contributed by atoms with van der Waals surface area (Å²) < 4.78 is 30.4. The molecular formula is C29H27N3O3S. The number of rotatable bonds is 6. The number of hydrogen-bond donors (Lipinski definition) is 2. The SMILES string of the molecule is CCn1c2ccccc2c2cc(NC(=O)c3ccc(NS(=O)(=O)c4ccc(C)cc4)c(C)c3)ccc21. The molecule has 2 N–H and O–H groups in total. The maximum Gasteiger partial charge on any atom is 0.261 e. The number of benzene rings is 4. The number of fused-ring (bicyclic) bond motifs is 3. The molecular weight excluding hydrogens is 470 g/mol. The number of nitrogens with one attached hydrogen (secondary N) is 2. The van der Waals surface area contributed by atoms with Crippen LogP contribution >= 0.6 is 0 Å². The Hall–Kier alpha value is -4.10. The third kappa shape index (κ3) is 4.33. The van der Waals surface area contributed by atoms with Crippen LogP contribution in [0.1, 0.15) is 28.4 Å². The van der Waals surface area contributed by atoms with E-state index < -0.39 is 10.0 Å². The lowest BCUT2D eigenvalue weighted by atomic mass is 10.1. The van der Waals surface area contributed by atoms with Crippen molar-refractivity contribution in [3.8, 4) is 0 Å². The van der Waals surface area contributed by atoms with Gasteiger partial charge in [0.15, 0.2) is 0 Å². The second-order valence-corrected chi connectivity index (χ2v) is 10.6.